The largest absolute Gasteiger partial charge is 0.326 e. The lowest BCUT2D eigenvalue weighted by atomic mass is 10.2. The first-order valence-corrected chi connectivity index (χ1v) is 10.8. The summed E-state index contributed by atoms with van der Waals surface area (Å²) in [6.07, 6.45) is 0. The lowest BCUT2D eigenvalue weighted by Gasteiger charge is -2.13. The number of aromatic nitrogens is 3. The van der Waals surface area contributed by atoms with Crippen molar-refractivity contribution >= 4 is 35.0 Å². The van der Waals surface area contributed by atoms with Crippen LogP contribution in [0.15, 0.2) is 53.7 Å². The van der Waals surface area contributed by atoms with E-state index in [0.29, 0.717) is 34.5 Å². The van der Waals surface area contributed by atoms with Gasteiger partial charge in [-0.15, -0.1) is 10.2 Å². The summed E-state index contributed by atoms with van der Waals surface area (Å²) in [5, 5.41) is 14.4. The Hall–Kier alpha value is -3.20. The molecule has 0 spiro atoms. The van der Waals surface area contributed by atoms with Crippen molar-refractivity contribution < 1.29 is 14.0 Å². The number of carbonyl (C=O) groups is 2. The van der Waals surface area contributed by atoms with Crippen LogP contribution in [0.25, 0.3) is 11.4 Å². The molecule has 0 aliphatic rings. The Kier molecular flexibility index (Phi) is 7.41. The van der Waals surface area contributed by atoms with Crippen LogP contribution in [0.5, 0.6) is 0 Å². The van der Waals surface area contributed by atoms with Crippen LogP contribution >= 0.6 is 11.8 Å². The van der Waals surface area contributed by atoms with Crippen molar-refractivity contribution in [3.8, 4) is 11.4 Å². The topological polar surface area (TPSA) is 88.9 Å². The minimum atomic E-state index is -0.364. The van der Waals surface area contributed by atoms with Crippen LogP contribution in [0, 0.1) is 11.7 Å². The number of rotatable bonds is 8. The standard InChI is InChI=1S/C22H24FN5O2S/c1-14(2)12-28-21(18-6-4-5-7-19(18)23)26-27-22(28)31-13-20(30)25-17-10-8-16(9-11-17)24-15(3)29/h4-11,14H,12-13H2,1-3H3,(H,24,29)(H,25,30). The van der Waals surface area contributed by atoms with Crippen LogP contribution in [0.1, 0.15) is 20.8 Å². The van der Waals surface area contributed by atoms with Crippen molar-refractivity contribution in [3.63, 3.8) is 0 Å². The van der Waals surface area contributed by atoms with E-state index >= 15 is 0 Å². The molecular formula is C22H24FN5O2S. The van der Waals surface area contributed by atoms with Crippen LogP contribution < -0.4 is 10.6 Å². The second-order valence-corrected chi connectivity index (χ2v) is 8.33. The van der Waals surface area contributed by atoms with Crippen molar-refractivity contribution in [2.45, 2.75) is 32.5 Å². The van der Waals surface area contributed by atoms with Gasteiger partial charge in [0.15, 0.2) is 11.0 Å². The number of anilines is 2. The summed E-state index contributed by atoms with van der Waals surface area (Å²) in [4.78, 5) is 23.5. The molecule has 1 heterocycles. The van der Waals surface area contributed by atoms with Gasteiger partial charge in [-0.25, -0.2) is 4.39 Å². The molecule has 0 fully saturated rings. The number of hydrogen-bond donors (Lipinski definition) is 2. The second-order valence-electron chi connectivity index (χ2n) is 7.39. The van der Waals surface area contributed by atoms with Crippen LogP contribution in [0.4, 0.5) is 15.8 Å². The minimum absolute atomic E-state index is 0.126. The van der Waals surface area contributed by atoms with Crippen molar-refractivity contribution in [1.29, 1.82) is 0 Å². The smallest absolute Gasteiger partial charge is 0.234 e. The molecule has 0 aliphatic heterocycles. The monoisotopic (exact) mass is 441 g/mol. The molecule has 0 atom stereocenters. The molecule has 0 aliphatic carbocycles. The van der Waals surface area contributed by atoms with E-state index in [1.54, 1.807) is 42.5 Å². The summed E-state index contributed by atoms with van der Waals surface area (Å²) in [6, 6.07) is 13.3. The highest BCUT2D eigenvalue weighted by Crippen LogP contribution is 2.27. The molecule has 31 heavy (non-hydrogen) atoms. The zero-order valence-electron chi connectivity index (χ0n) is 17.6. The molecule has 1 aromatic heterocycles. The number of nitrogens with one attached hydrogen (secondary N) is 2. The quantitative estimate of drug-likeness (QED) is 0.505. The Morgan fingerprint density at radius 3 is 2.29 bits per heavy atom. The molecule has 0 radical (unpaired) electrons. The van der Waals surface area contributed by atoms with Gasteiger partial charge in [-0.2, -0.15) is 0 Å². The predicted octanol–water partition coefficient (Wildman–Crippen LogP) is 4.43. The van der Waals surface area contributed by atoms with Gasteiger partial charge in [0.25, 0.3) is 0 Å². The lowest BCUT2D eigenvalue weighted by molar-refractivity contribution is -0.114. The van der Waals surface area contributed by atoms with Gasteiger partial charge in [0.05, 0.1) is 11.3 Å². The van der Waals surface area contributed by atoms with Crippen molar-refractivity contribution in [2.75, 3.05) is 16.4 Å². The lowest BCUT2D eigenvalue weighted by Crippen LogP contribution is -2.15. The highest BCUT2D eigenvalue weighted by atomic mass is 32.2. The second kappa shape index (κ2) is 10.2. The summed E-state index contributed by atoms with van der Waals surface area (Å²) in [6.45, 7) is 6.14. The van der Waals surface area contributed by atoms with Gasteiger partial charge in [-0.3, -0.25) is 9.59 Å². The number of halogens is 1. The van der Waals surface area contributed by atoms with Gasteiger partial charge in [0.1, 0.15) is 5.82 Å². The van der Waals surface area contributed by atoms with E-state index in [4.69, 9.17) is 0 Å². The SMILES string of the molecule is CC(=O)Nc1ccc(NC(=O)CSc2nnc(-c3ccccc3F)n2CC(C)C)cc1. The van der Waals surface area contributed by atoms with Crippen LogP contribution in [-0.2, 0) is 16.1 Å². The molecule has 2 N–H and O–H groups in total. The van der Waals surface area contributed by atoms with E-state index in [-0.39, 0.29) is 29.3 Å². The average molecular weight is 442 g/mol. The zero-order valence-corrected chi connectivity index (χ0v) is 18.4. The summed E-state index contributed by atoms with van der Waals surface area (Å²) in [7, 11) is 0. The summed E-state index contributed by atoms with van der Waals surface area (Å²) < 4.78 is 16.1. The number of thioether (sulfide) groups is 1. The highest BCUT2D eigenvalue weighted by Gasteiger charge is 2.18. The summed E-state index contributed by atoms with van der Waals surface area (Å²) in [5.74, 6) is 0.135. The van der Waals surface area contributed by atoms with Gasteiger partial charge >= 0.3 is 0 Å². The van der Waals surface area contributed by atoms with E-state index in [1.165, 1.54) is 24.8 Å². The molecule has 3 rings (SSSR count). The van der Waals surface area contributed by atoms with Crippen molar-refractivity contribution in [2.24, 2.45) is 5.92 Å². The number of carbonyl (C=O) groups excluding carboxylic acids is 2. The fraction of sp³-hybridized carbons (Fsp3) is 0.273. The number of amides is 2. The molecule has 0 saturated carbocycles. The van der Waals surface area contributed by atoms with Gasteiger partial charge in [-0.1, -0.05) is 37.7 Å². The van der Waals surface area contributed by atoms with Crippen molar-refractivity contribution in [3.05, 3.63) is 54.3 Å². The third-order valence-corrected chi connectivity index (χ3v) is 5.17. The van der Waals surface area contributed by atoms with Gasteiger partial charge in [0, 0.05) is 24.8 Å². The van der Waals surface area contributed by atoms with E-state index in [0.717, 1.165) is 0 Å². The van der Waals surface area contributed by atoms with E-state index in [9.17, 15) is 14.0 Å². The van der Waals surface area contributed by atoms with Gasteiger partial charge in [0.2, 0.25) is 11.8 Å². The maximum atomic E-state index is 14.3. The fourth-order valence-corrected chi connectivity index (χ4v) is 3.68. The number of hydrogen-bond acceptors (Lipinski definition) is 5. The highest BCUT2D eigenvalue weighted by molar-refractivity contribution is 7.99. The third-order valence-electron chi connectivity index (χ3n) is 4.20. The zero-order chi connectivity index (χ0) is 22.4. The first-order chi connectivity index (χ1) is 14.8. The summed E-state index contributed by atoms with van der Waals surface area (Å²) >= 11 is 1.25. The number of nitrogens with zero attached hydrogens (tertiary/aromatic N) is 3. The van der Waals surface area contributed by atoms with Crippen LogP contribution in [-0.4, -0.2) is 32.3 Å². The fourth-order valence-electron chi connectivity index (χ4n) is 2.93. The predicted molar refractivity (Wildman–Crippen MR) is 120 cm³/mol. The van der Waals surface area contributed by atoms with Crippen LogP contribution in [0.3, 0.4) is 0 Å². The maximum Gasteiger partial charge on any atom is 0.234 e. The Balaban J connectivity index is 1.69. The maximum absolute atomic E-state index is 14.3. The van der Waals surface area contributed by atoms with Crippen molar-refractivity contribution in [1.82, 2.24) is 14.8 Å². The Morgan fingerprint density at radius 1 is 1.03 bits per heavy atom. The molecule has 2 aromatic carbocycles. The number of benzene rings is 2. The molecular weight excluding hydrogens is 417 g/mol. The Labute approximate surface area is 184 Å². The molecule has 7 nitrogen and oxygen atoms in total. The van der Waals surface area contributed by atoms with Crippen LogP contribution in [0.2, 0.25) is 0 Å². The molecule has 0 bridgehead atoms. The van der Waals surface area contributed by atoms with Gasteiger partial charge < -0.3 is 15.2 Å². The summed E-state index contributed by atoms with van der Waals surface area (Å²) in [5.41, 5.74) is 1.66. The minimum Gasteiger partial charge on any atom is -0.326 e. The molecule has 162 valence electrons. The normalized spacial score (nSPS) is 10.9. The Morgan fingerprint density at radius 2 is 1.68 bits per heavy atom. The molecule has 3 aromatic rings. The third kappa shape index (κ3) is 6.14. The van der Waals surface area contributed by atoms with E-state index in [2.05, 4.69) is 34.7 Å². The van der Waals surface area contributed by atoms with E-state index in [1.807, 2.05) is 4.57 Å². The molecule has 0 unspecified atom stereocenters. The van der Waals surface area contributed by atoms with E-state index < -0.39 is 0 Å². The first-order valence-electron chi connectivity index (χ1n) is 9.82. The first kappa shape index (κ1) is 22.5. The molecule has 2 amide bonds. The molecule has 0 saturated heterocycles. The van der Waals surface area contributed by atoms with Gasteiger partial charge in [-0.05, 0) is 42.3 Å². The average Bonchev–Trinajstić information content (AvgIpc) is 3.09. The Bertz CT molecular complexity index is 1070. The molecule has 9 heteroatoms.